The van der Waals surface area contributed by atoms with Crippen LogP contribution < -0.4 is 5.32 Å². The fourth-order valence-electron chi connectivity index (χ4n) is 3.58. The molecule has 2 rings (SSSR count). The van der Waals surface area contributed by atoms with Crippen LogP contribution in [0.25, 0.3) is 0 Å². The third-order valence-corrected chi connectivity index (χ3v) is 4.58. The van der Waals surface area contributed by atoms with Gasteiger partial charge in [-0.25, -0.2) is 0 Å². The van der Waals surface area contributed by atoms with Gasteiger partial charge in [0.2, 0.25) is 0 Å². The van der Waals surface area contributed by atoms with Crippen LogP contribution in [0.15, 0.2) is 0 Å². The van der Waals surface area contributed by atoms with Crippen LogP contribution in [-0.4, -0.2) is 36.6 Å². The minimum atomic E-state index is 0.769. The van der Waals surface area contributed by atoms with Gasteiger partial charge in [-0.1, -0.05) is 20.3 Å². The molecule has 0 spiro atoms. The van der Waals surface area contributed by atoms with Crippen LogP contribution in [0.1, 0.15) is 52.4 Å². The largest absolute Gasteiger partial charge is 0.313 e. The van der Waals surface area contributed by atoms with Crippen molar-refractivity contribution in [1.82, 2.24) is 10.2 Å². The van der Waals surface area contributed by atoms with Gasteiger partial charge in [-0.3, -0.25) is 4.90 Å². The van der Waals surface area contributed by atoms with Crippen molar-refractivity contribution in [3.05, 3.63) is 0 Å². The SMILES string of the molecule is CCNC1CCC(CC)CC1N1CCCC1. The summed E-state index contributed by atoms with van der Waals surface area (Å²) in [6.07, 6.45) is 8.50. The summed E-state index contributed by atoms with van der Waals surface area (Å²) in [7, 11) is 0. The van der Waals surface area contributed by atoms with Gasteiger partial charge >= 0.3 is 0 Å². The number of likely N-dealkylation sites (tertiary alicyclic amines) is 1. The van der Waals surface area contributed by atoms with Gasteiger partial charge in [-0.15, -0.1) is 0 Å². The van der Waals surface area contributed by atoms with Crippen molar-refractivity contribution in [3.8, 4) is 0 Å². The molecule has 16 heavy (non-hydrogen) atoms. The molecule has 2 aliphatic rings. The van der Waals surface area contributed by atoms with Gasteiger partial charge < -0.3 is 5.32 Å². The average molecular weight is 224 g/mol. The molecule has 3 unspecified atom stereocenters. The molecule has 1 heterocycles. The maximum Gasteiger partial charge on any atom is 0.0251 e. The van der Waals surface area contributed by atoms with Gasteiger partial charge in [-0.2, -0.15) is 0 Å². The molecule has 94 valence electrons. The highest BCUT2D eigenvalue weighted by Crippen LogP contribution is 2.31. The number of hydrogen-bond acceptors (Lipinski definition) is 2. The summed E-state index contributed by atoms with van der Waals surface area (Å²) in [6.45, 7) is 8.43. The van der Waals surface area contributed by atoms with Crippen molar-refractivity contribution in [3.63, 3.8) is 0 Å². The normalized spacial score (nSPS) is 36.8. The van der Waals surface area contributed by atoms with Gasteiger partial charge in [0.25, 0.3) is 0 Å². The standard InChI is InChI=1S/C14H28N2/c1-3-12-7-8-13(15-4-2)14(11-12)16-9-5-6-10-16/h12-15H,3-11H2,1-2H3. The van der Waals surface area contributed by atoms with E-state index in [4.69, 9.17) is 0 Å². The fraction of sp³-hybridized carbons (Fsp3) is 1.00. The predicted molar refractivity (Wildman–Crippen MR) is 69.7 cm³/mol. The predicted octanol–water partition coefficient (Wildman–Crippen LogP) is 2.64. The Balaban J connectivity index is 1.95. The molecular formula is C14H28N2. The van der Waals surface area contributed by atoms with Gasteiger partial charge in [0.1, 0.15) is 0 Å². The zero-order valence-electron chi connectivity index (χ0n) is 11.0. The number of nitrogens with zero attached hydrogens (tertiary/aromatic N) is 1. The Labute approximate surface area is 101 Å². The number of rotatable bonds is 4. The topological polar surface area (TPSA) is 15.3 Å². The third-order valence-electron chi connectivity index (χ3n) is 4.58. The van der Waals surface area contributed by atoms with Crippen LogP contribution in [0, 0.1) is 5.92 Å². The molecule has 2 nitrogen and oxygen atoms in total. The number of hydrogen-bond donors (Lipinski definition) is 1. The van der Waals surface area contributed by atoms with E-state index < -0.39 is 0 Å². The van der Waals surface area contributed by atoms with Gasteiger partial charge in [0.05, 0.1) is 0 Å². The summed E-state index contributed by atoms with van der Waals surface area (Å²) in [4.78, 5) is 2.76. The van der Waals surface area contributed by atoms with E-state index in [9.17, 15) is 0 Å². The van der Waals surface area contributed by atoms with Crippen molar-refractivity contribution in [2.24, 2.45) is 5.92 Å². The molecule has 0 radical (unpaired) electrons. The van der Waals surface area contributed by atoms with Crippen molar-refractivity contribution in [2.45, 2.75) is 64.5 Å². The Morgan fingerprint density at radius 1 is 1.12 bits per heavy atom. The molecule has 1 saturated carbocycles. The van der Waals surface area contributed by atoms with E-state index in [1.54, 1.807) is 0 Å². The quantitative estimate of drug-likeness (QED) is 0.790. The van der Waals surface area contributed by atoms with E-state index in [1.165, 1.54) is 51.6 Å². The summed E-state index contributed by atoms with van der Waals surface area (Å²) in [5, 5.41) is 3.71. The zero-order chi connectivity index (χ0) is 11.4. The second-order valence-corrected chi connectivity index (χ2v) is 5.56. The fourth-order valence-corrected chi connectivity index (χ4v) is 3.58. The van der Waals surface area contributed by atoms with E-state index >= 15 is 0 Å². The van der Waals surface area contributed by atoms with E-state index in [0.29, 0.717) is 0 Å². The molecule has 0 bridgehead atoms. The first-order valence-corrected chi connectivity index (χ1v) is 7.32. The lowest BCUT2D eigenvalue weighted by Gasteiger charge is -2.41. The average Bonchev–Trinajstić information content (AvgIpc) is 2.83. The summed E-state index contributed by atoms with van der Waals surface area (Å²) in [5.74, 6) is 0.987. The Hall–Kier alpha value is -0.0800. The lowest BCUT2D eigenvalue weighted by Crippen LogP contribution is -2.52. The second-order valence-electron chi connectivity index (χ2n) is 5.56. The smallest absolute Gasteiger partial charge is 0.0251 e. The minimum absolute atomic E-state index is 0.769. The Morgan fingerprint density at radius 3 is 2.50 bits per heavy atom. The molecule has 1 aliphatic carbocycles. The third kappa shape index (κ3) is 2.78. The first kappa shape index (κ1) is 12.4. The zero-order valence-corrected chi connectivity index (χ0v) is 11.0. The molecule has 3 atom stereocenters. The summed E-state index contributed by atoms with van der Waals surface area (Å²) < 4.78 is 0. The van der Waals surface area contributed by atoms with Gasteiger partial charge in [0.15, 0.2) is 0 Å². The molecule has 0 amide bonds. The highest BCUT2D eigenvalue weighted by Gasteiger charge is 2.34. The summed E-state index contributed by atoms with van der Waals surface area (Å²) in [5.41, 5.74) is 0. The van der Waals surface area contributed by atoms with Crippen molar-refractivity contribution in [2.75, 3.05) is 19.6 Å². The van der Waals surface area contributed by atoms with Gasteiger partial charge in [0, 0.05) is 12.1 Å². The molecule has 0 aromatic heterocycles. The second kappa shape index (κ2) is 6.02. The monoisotopic (exact) mass is 224 g/mol. The lowest BCUT2D eigenvalue weighted by atomic mass is 9.80. The van der Waals surface area contributed by atoms with Gasteiger partial charge in [-0.05, 0) is 57.7 Å². The van der Waals surface area contributed by atoms with Crippen molar-refractivity contribution in [1.29, 1.82) is 0 Å². The molecular weight excluding hydrogens is 196 g/mol. The minimum Gasteiger partial charge on any atom is -0.313 e. The highest BCUT2D eigenvalue weighted by molar-refractivity contribution is 4.92. The highest BCUT2D eigenvalue weighted by atomic mass is 15.2. The molecule has 1 saturated heterocycles. The Bertz CT molecular complexity index is 199. The van der Waals surface area contributed by atoms with E-state index in [-0.39, 0.29) is 0 Å². The van der Waals surface area contributed by atoms with Crippen LogP contribution in [0.5, 0.6) is 0 Å². The van der Waals surface area contributed by atoms with Crippen LogP contribution in [0.4, 0.5) is 0 Å². The van der Waals surface area contributed by atoms with Crippen LogP contribution >= 0.6 is 0 Å². The molecule has 1 N–H and O–H groups in total. The van der Waals surface area contributed by atoms with E-state index in [0.717, 1.165) is 24.5 Å². The van der Waals surface area contributed by atoms with E-state index in [1.807, 2.05) is 0 Å². The molecule has 2 fully saturated rings. The lowest BCUT2D eigenvalue weighted by molar-refractivity contribution is 0.117. The maximum absolute atomic E-state index is 3.71. The van der Waals surface area contributed by atoms with Crippen molar-refractivity contribution >= 4 is 0 Å². The number of nitrogens with one attached hydrogen (secondary N) is 1. The maximum atomic E-state index is 3.71. The molecule has 2 heteroatoms. The summed E-state index contributed by atoms with van der Waals surface area (Å²) in [6, 6.07) is 1.60. The van der Waals surface area contributed by atoms with Crippen LogP contribution in [0.2, 0.25) is 0 Å². The molecule has 1 aliphatic heterocycles. The molecule has 0 aromatic rings. The summed E-state index contributed by atoms with van der Waals surface area (Å²) >= 11 is 0. The Kier molecular flexibility index (Phi) is 4.66. The first-order chi connectivity index (χ1) is 7.85. The van der Waals surface area contributed by atoms with E-state index in [2.05, 4.69) is 24.1 Å². The number of likely N-dealkylation sites (N-methyl/N-ethyl adjacent to an activating group) is 1. The Morgan fingerprint density at radius 2 is 1.88 bits per heavy atom. The first-order valence-electron chi connectivity index (χ1n) is 7.32. The van der Waals surface area contributed by atoms with Crippen LogP contribution in [0.3, 0.4) is 0 Å². The van der Waals surface area contributed by atoms with Crippen molar-refractivity contribution < 1.29 is 0 Å². The molecule has 0 aromatic carbocycles. The van der Waals surface area contributed by atoms with Crippen LogP contribution in [-0.2, 0) is 0 Å².